The van der Waals surface area contributed by atoms with Gasteiger partial charge in [-0.15, -0.1) is 0 Å². The molecule has 1 fully saturated rings. The Morgan fingerprint density at radius 2 is 1.90 bits per heavy atom. The van der Waals surface area contributed by atoms with E-state index in [0.29, 0.717) is 12.0 Å². The number of anilines is 1. The van der Waals surface area contributed by atoms with Crippen molar-refractivity contribution in [2.24, 2.45) is 5.92 Å². The largest absolute Gasteiger partial charge is 0.496 e. The zero-order chi connectivity index (χ0) is 19.8. The van der Waals surface area contributed by atoms with E-state index in [1.54, 1.807) is 19.2 Å². The fourth-order valence-electron chi connectivity index (χ4n) is 4.88. The average molecular weight is 388 g/mol. The van der Waals surface area contributed by atoms with Crippen molar-refractivity contribution in [3.05, 3.63) is 83.7 Å². The fourth-order valence-corrected chi connectivity index (χ4v) is 4.88. The van der Waals surface area contributed by atoms with E-state index < -0.39 is 0 Å². The lowest BCUT2D eigenvalue weighted by molar-refractivity contribution is 0.217. The molecule has 2 aliphatic rings. The second-order valence-corrected chi connectivity index (χ2v) is 7.97. The summed E-state index contributed by atoms with van der Waals surface area (Å²) < 4.78 is 19.3. The molecule has 3 aromatic carbocycles. The van der Waals surface area contributed by atoms with E-state index in [1.165, 1.54) is 29.3 Å². The number of methoxy groups -OCH3 is 1. The number of nitrogens with one attached hydrogen (secondary N) is 1. The Morgan fingerprint density at radius 1 is 1.03 bits per heavy atom. The standard InChI is InChI=1S/C25H25FN2O/c1-29-24-8-3-2-5-20(24)16-28-12-11-19-15-27-23-10-9-18(14-22(23)25(19)28)17-6-4-7-21(26)13-17/h2-10,13-14,19,25,27H,11-12,15-16H2,1H3. The van der Waals surface area contributed by atoms with Crippen LogP contribution in [0.15, 0.2) is 66.7 Å². The normalized spacial score (nSPS) is 20.6. The molecule has 0 amide bonds. The summed E-state index contributed by atoms with van der Waals surface area (Å²) in [5, 5.41) is 3.61. The van der Waals surface area contributed by atoms with Crippen LogP contribution < -0.4 is 10.1 Å². The molecule has 2 aliphatic heterocycles. The summed E-state index contributed by atoms with van der Waals surface area (Å²) in [7, 11) is 1.73. The first-order valence-corrected chi connectivity index (χ1v) is 10.2. The van der Waals surface area contributed by atoms with Crippen LogP contribution in [0.3, 0.4) is 0 Å². The summed E-state index contributed by atoms with van der Waals surface area (Å²) in [6, 6.07) is 21.9. The number of nitrogens with zero attached hydrogens (tertiary/aromatic N) is 1. The molecule has 0 aliphatic carbocycles. The van der Waals surface area contributed by atoms with Crippen molar-refractivity contribution in [2.75, 3.05) is 25.5 Å². The second kappa shape index (κ2) is 7.53. The van der Waals surface area contributed by atoms with Crippen molar-refractivity contribution >= 4 is 5.69 Å². The highest BCUT2D eigenvalue weighted by molar-refractivity contribution is 5.70. The van der Waals surface area contributed by atoms with Crippen molar-refractivity contribution in [1.29, 1.82) is 0 Å². The van der Waals surface area contributed by atoms with Gasteiger partial charge in [0.1, 0.15) is 11.6 Å². The molecule has 0 spiro atoms. The molecule has 0 aromatic heterocycles. The Morgan fingerprint density at radius 3 is 2.76 bits per heavy atom. The maximum atomic E-state index is 13.8. The monoisotopic (exact) mass is 388 g/mol. The summed E-state index contributed by atoms with van der Waals surface area (Å²) in [5.74, 6) is 1.33. The third-order valence-electron chi connectivity index (χ3n) is 6.28. The van der Waals surface area contributed by atoms with Gasteiger partial charge in [0.25, 0.3) is 0 Å². The van der Waals surface area contributed by atoms with Gasteiger partial charge >= 0.3 is 0 Å². The minimum atomic E-state index is -0.199. The maximum Gasteiger partial charge on any atom is 0.123 e. The van der Waals surface area contributed by atoms with Crippen LogP contribution in [0.1, 0.15) is 23.6 Å². The van der Waals surface area contributed by atoms with Gasteiger partial charge in [-0.25, -0.2) is 4.39 Å². The molecule has 5 rings (SSSR count). The highest BCUT2D eigenvalue weighted by atomic mass is 19.1. The van der Waals surface area contributed by atoms with Crippen molar-refractivity contribution in [3.8, 4) is 16.9 Å². The molecule has 4 heteroatoms. The third kappa shape index (κ3) is 3.38. The van der Waals surface area contributed by atoms with Crippen LogP contribution in [-0.4, -0.2) is 25.1 Å². The van der Waals surface area contributed by atoms with Gasteiger partial charge in [-0.2, -0.15) is 0 Å². The van der Waals surface area contributed by atoms with Gasteiger partial charge in [0.15, 0.2) is 0 Å². The summed E-state index contributed by atoms with van der Waals surface area (Å²) in [5.41, 5.74) is 5.71. The number of rotatable bonds is 4. The molecule has 2 unspecified atom stereocenters. The maximum absolute atomic E-state index is 13.8. The van der Waals surface area contributed by atoms with E-state index in [1.807, 2.05) is 18.2 Å². The molecule has 2 heterocycles. The Balaban J connectivity index is 1.50. The van der Waals surface area contributed by atoms with Gasteiger partial charge in [-0.1, -0.05) is 36.4 Å². The van der Waals surface area contributed by atoms with E-state index in [-0.39, 0.29) is 5.82 Å². The molecule has 0 saturated carbocycles. The Bertz CT molecular complexity index is 1030. The number of hydrogen-bond acceptors (Lipinski definition) is 3. The smallest absolute Gasteiger partial charge is 0.123 e. The predicted molar refractivity (Wildman–Crippen MR) is 115 cm³/mol. The van der Waals surface area contributed by atoms with Gasteiger partial charge < -0.3 is 10.1 Å². The molecule has 0 bridgehead atoms. The second-order valence-electron chi connectivity index (χ2n) is 7.97. The molecule has 0 radical (unpaired) electrons. The molecule has 3 nitrogen and oxygen atoms in total. The topological polar surface area (TPSA) is 24.5 Å². The lowest BCUT2D eigenvalue weighted by atomic mass is 9.87. The van der Waals surface area contributed by atoms with E-state index in [2.05, 4.69) is 40.5 Å². The molecule has 1 saturated heterocycles. The van der Waals surface area contributed by atoms with Crippen molar-refractivity contribution < 1.29 is 9.13 Å². The Kier molecular flexibility index (Phi) is 4.72. The zero-order valence-electron chi connectivity index (χ0n) is 16.6. The summed E-state index contributed by atoms with van der Waals surface area (Å²) >= 11 is 0. The zero-order valence-corrected chi connectivity index (χ0v) is 16.6. The highest BCUT2D eigenvalue weighted by Crippen LogP contribution is 2.45. The van der Waals surface area contributed by atoms with Gasteiger partial charge in [0.05, 0.1) is 7.11 Å². The summed E-state index contributed by atoms with van der Waals surface area (Å²) in [6.45, 7) is 2.94. The van der Waals surface area contributed by atoms with Crippen molar-refractivity contribution in [3.63, 3.8) is 0 Å². The van der Waals surface area contributed by atoms with Crippen molar-refractivity contribution in [1.82, 2.24) is 4.90 Å². The highest BCUT2D eigenvalue weighted by Gasteiger charge is 2.39. The minimum absolute atomic E-state index is 0.199. The van der Waals surface area contributed by atoms with Crippen LogP contribution in [0.4, 0.5) is 10.1 Å². The number of ether oxygens (including phenoxy) is 1. The summed E-state index contributed by atoms with van der Waals surface area (Å²) in [4.78, 5) is 2.57. The predicted octanol–water partition coefficient (Wildman–Crippen LogP) is 5.49. The van der Waals surface area contributed by atoms with E-state index in [9.17, 15) is 4.39 Å². The van der Waals surface area contributed by atoms with Crippen LogP contribution in [-0.2, 0) is 6.54 Å². The molecular formula is C25H25FN2O. The first kappa shape index (κ1) is 18.2. The van der Waals surface area contributed by atoms with Crippen LogP contribution in [0.5, 0.6) is 5.75 Å². The summed E-state index contributed by atoms with van der Waals surface area (Å²) in [6.07, 6.45) is 1.18. The first-order chi connectivity index (χ1) is 14.2. The Hall–Kier alpha value is -2.85. The van der Waals surface area contributed by atoms with Crippen molar-refractivity contribution in [2.45, 2.75) is 19.0 Å². The van der Waals surface area contributed by atoms with E-state index in [4.69, 9.17) is 4.74 Å². The third-order valence-corrected chi connectivity index (χ3v) is 6.28. The number of para-hydroxylation sites is 1. The van der Waals surface area contributed by atoms with Crippen LogP contribution in [0.25, 0.3) is 11.1 Å². The van der Waals surface area contributed by atoms with Gasteiger partial charge in [-0.3, -0.25) is 4.90 Å². The molecule has 2 atom stereocenters. The lowest BCUT2D eigenvalue weighted by Gasteiger charge is -2.35. The number of likely N-dealkylation sites (tertiary alicyclic amines) is 1. The van der Waals surface area contributed by atoms with Crippen LogP contribution in [0.2, 0.25) is 0 Å². The SMILES string of the molecule is COc1ccccc1CN1CCC2CNc3ccc(-c4cccc(F)c4)cc3C21. The van der Waals surface area contributed by atoms with E-state index >= 15 is 0 Å². The van der Waals surface area contributed by atoms with Gasteiger partial charge in [0.2, 0.25) is 0 Å². The number of fused-ring (bicyclic) bond motifs is 3. The van der Waals surface area contributed by atoms with Crippen LogP contribution in [0, 0.1) is 11.7 Å². The molecular weight excluding hydrogens is 363 g/mol. The fraction of sp³-hybridized carbons (Fsp3) is 0.280. The quantitative estimate of drug-likeness (QED) is 0.640. The first-order valence-electron chi connectivity index (χ1n) is 10.2. The van der Waals surface area contributed by atoms with E-state index in [0.717, 1.165) is 36.5 Å². The average Bonchev–Trinajstić information content (AvgIpc) is 3.17. The number of halogens is 1. The Labute approximate surface area is 171 Å². The van der Waals surface area contributed by atoms with Gasteiger partial charge in [-0.05, 0) is 65.9 Å². The van der Waals surface area contributed by atoms with Gasteiger partial charge in [0, 0.05) is 30.4 Å². The van der Waals surface area contributed by atoms with Crippen LogP contribution >= 0.6 is 0 Å². The molecule has 148 valence electrons. The lowest BCUT2D eigenvalue weighted by Crippen LogP contribution is -2.32. The number of hydrogen-bond donors (Lipinski definition) is 1. The minimum Gasteiger partial charge on any atom is -0.496 e. The molecule has 1 N–H and O–H groups in total. The molecule has 29 heavy (non-hydrogen) atoms. The molecule has 3 aromatic rings. The number of benzene rings is 3.